The van der Waals surface area contributed by atoms with Crippen molar-refractivity contribution in [1.29, 1.82) is 0 Å². The van der Waals surface area contributed by atoms with Gasteiger partial charge in [-0.3, -0.25) is 0 Å². The smallest absolute Gasteiger partial charge is 0.0739 e. The van der Waals surface area contributed by atoms with Gasteiger partial charge in [0.05, 0.1) is 12.2 Å². The molecule has 2 nitrogen and oxygen atoms in total. The molecule has 0 fully saturated rings. The number of methoxy groups -OCH3 is 1. The Morgan fingerprint density at radius 3 is 2.57 bits per heavy atom. The van der Waals surface area contributed by atoms with Crippen LogP contribution in [0.1, 0.15) is 33.6 Å². The van der Waals surface area contributed by atoms with Crippen LogP contribution >= 0.6 is 22.6 Å². The number of hydrogen-bond donors (Lipinski definition) is 1. The summed E-state index contributed by atoms with van der Waals surface area (Å²) in [6.45, 7) is 6.41. The van der Waals surface area contributed by atoms with Crippen LogP contribution in [-0.4, -0.2) is 28.3 Å². The van der Waals surface area contributed by atoms with Crippen LogP contribution < -0.4 is 0 Å². The molecule has 0 spiro atoms. The van der Waals surface area contributed by atoms with E-state index in [1.165, 1.54) is 5.57 Å². The number of aliphatic hydroxyl groups is 1. The lowest BCUT2D eigenvalue weighted by Crippen LogP contribution is -2.33. The van der Waals surface area contributed by atoms with E-state index in [0.717, 1.165) is 12.8 Å². The Morgan fingerprint density at radius 1 is 1.57 bits per heavy atom. The molecule has 0 bridgehead atoms. The monoisotopic (exact) mass is 312 g/mol. The van der Waals surface area contributed by atoms with Crippen LogP contribution in [0.5, 0.6) is 0 Å². The molecule has 0 aliphatic carbocycles. The summed E-state index contributed by atoms with van der Waals surface area (Å²) in [7, 11) is 1.75. The van der Waals surface area contributed by atoms with E-state index in [-0.39, 0.29) is 12.2 Å². The van der Waals surface area contributed by atoms with Crippen LogP contribution in [0.4, 0.5) is 0 Å². The van der Waals surface area contributed by atoms with Gasteiger partial charge >= 0.3 is 0 Å². The molecule has 1 unspecified atom stereocenters. The van der Waals surface area contributed by atoms with Crippen molar-refractivity contribution in [3.05, 3.63) is 11.6 Å². The second-order valence-electron chi connectivity index (χ2n) is 4.05. The lowest BCUT2D eigenvalue weighted by Gasteiger charge is -2.29. The molecule has 0 heterocycles. The third-order valence-electron chi connectivity index (χ3n) is 2.51. The number of aliphatic hydroxyl groups excluding tert-OH is 1. The van der Waals surface area contributed by atoms with E-state index in [0.29, 0.717) is 3.92 Å². The van der Waals surface area contributed by atoms with Crippen molar-refractivity contribution in [2.45, 2.75) is 43.1 Å². The Morgan fingerprint density at radius 2 is 2.14 bits per heavy atom. The molecule has 0 amide bonds. The quantitative estimate of drug-likeness (QED) is 0.464. The van der Waals surface area contributed by atoms with Gasteiger partial charge in [-0.05, 0) is 33.6 Å². The minimum absolute atomic E-state index is 0.0694. The van der Waals surface area contributed by atoms with Crippen LogP contribution in [-0.2, 0) is 4.74 Å². The van der Waals surface area contributed by atoms with E-state index in [1.54, 1.807) is 7.11 Å². The maximum absolute atomic E-state index is 8.70. The number of allylic oxidation sites excluding steroid dienone is 1. The average Bonchev–Trinajstić information content (AvgIpc) is 2.14. The van der Waals surface area contributed by atoms with Crippen molar-refractivity contribution in [2.24, 2.45) is 0 Å². The summed E-state index contributed by atoms with van der Waals surface area (Å²) in [5.41, 5.74) is 1.18. The van der Waals surface area contributed by atoms with Gasteiger partial charge in [0.25, 0.3) is 0 Å². The van der Waals surface area contributed by atoms with Crippen LogP contribution in [0.2, 0.25) is 0 Å². The maximum atomic E-state index is 8.70. The van der Waals surface area contributed by atoms with E-state index in [9.17, 15) is 0 Å². The van der Waals surface area contributed by atoms with Gasteiger partial charge in [0.1, 0.15) is 0 Å². The minimum atomic E-state index is -0.0694. The fourth-order valence-electron chi connectivity index (χ4n) is 1.09. The second kappa shape index (κ2) is 6.80. The van der Waals surface area contributed by atoms with Crippen molar-refractivity contribution < 1.29 is 9.84 Å². The molecule has 1 atom stereocenters. The molecule has 0 saturated carbocycles. The van der Waals surface area contributed by atoms with Gasteiger partial charge in [0.2, 0.25) is 0 Å². The third kappa shape index (κ3) is 5.32. The molecule has 0 aliphatic heterocycles. The summed E-state index contributed by atoms with van der Waals surface area (Å²) in [6.07, 6.45) is 3.98. The highest BCUT2D eigenvalue weighted by atomic mass is 127. The highest BCUT2D eigenvalue weighted by Gasteiger charge is 2.26. The number of alkyl halides is 1. The molecule has 84 valence electrons. The zero-order chi connectivity index (χ0) is 11.2. The normalized spacial score (nSPS) is 15.7. The Hall–Kier alpha value is 0.390. The van der Waals surface area contributed by atoms with Gasteiger partial charge in [-0.1, -0.05) is 34.2 Å². The minimum Gasteiger partial charge on any atom is -0.392 e. The largest absolute Gasteiger partial charge is 0.392 e. The molecule has 0 rings (SSSR count). The van der Waals surface area contributed by atoms with Crippen LogP contribution in [0, 0.1) is 0 Å². The Bertz CT molecular complexity index is 188. The van der Waals surface area contributed by atoms with Crippen LogP contribution in [0.15, 0.2) is 11.6 Å². The van der Waals surface area contributed by atoms with Gasteiger partial charge in [0, 0.05) is 11.0 Å². The predicted octanol–water partition coefficient (Wildman–Crippen LogP) is 2.93. The maximum Gasteiger partial charge on any atom is 0.0739 e. The molecule has 0 aromatic carbocycles. The lowest BCUT2D eigenvalue weighted by molar-refractivity contribution is 0.0233. The van der Waals surface area contributed by atoms with Gasteiger partial charge in [-0.15, -0.1) is 0 Å². The number of halogens is 1. The fourth-order valence-corrected chi connectivity index (χ4v) is 1.65. The van der Waals surface area contributed by atoms with Crippen molar-refractivity contribution in [3.63, 3.8) is 0 Å². The molecule has 3 heteroatoms. The van der Waals surface area contributed by atoms with Gasteiger partial charge in [-0.2, -0.15) is 0 Å². The van der Waals surface area contributed by atoms with E-state index < -0.39 is 0 Å². The SMILES string of the molecule is COC(C)(C)C(I)CC/C(C)=C/CO. The van der Waals surface area contributed by atoms with E-state index in [2.05, 4.69) is 43.4 Å². The molecule has 0 aromatic rings. The molecule has 1 N–H and O–H groups in total. The average molecular weight is 312 g/mol. The topological polar surface area (TPSA) is 29.5 Å². The van der Waals surface area contributed by atoms with E-state index in [4.69, 9.17) is 9.84 Å². The summed E-state index contributed by atoms with van der Waals surface area (Å²) in [4.78, 5) is 0. The highest BCUT2D eigenvalue weighted by molar-refractivity contribution is 14.1. The lowest BCUT2D eigenvalue weighted by atomic mass is 9.99. The molecular formula is C11H21IO2. The Balaban J connectivity index is 3.96. The first-order valence-corrected chi connectivity index (χ1v) is 6.14. The summed E-state index contributed by atoms with van der Waals surface area (Å²) in [5.74, 6) is 0. The van der Waals surface area contributed by atoms with Crippen molar-refractivity contribution in [1.82, 2.24) is 0 Å². The first kappa shape index (κ1) is 14.4. The summed E-state index contributed by atoms with van der Waals surface area (Å²) < 4.78 is 5.91. The number of rotatable bonds is 6. The molecule has 14 heavy (non-hydrogen) atoms. The highest BCUT2D eigenvalue weighted by Crippen LogP contribution is 2.26. The molecule has 0 aromatic heterocycles. The zero-order valence-corrected chi connectivity index (χ0v) is 11.7. The van der Waals surface area contributed by atoms with Crippen molar-refractivity contribution >= 4 is 22.6 Å². The fraction of sp³-hybridized carbons (Fsp3) is 0.818. The van der Waals surface area contributed by atoms with Gasteiger partial charge in [-0.25, -0.2) is 0 Å². The summed E-state index contributed by atoms with van der Waals surface area (Å²) >= 11 is 2.43. The Kier molecular flexibility index (Phi) is 6.99. The van der Waals surface area contributed by atoms with E-state index >= 15 is 0 Å². The second-order valence-corrected chi connectivity index (χ2v) is 5.55. The first-order valence-electron chi connectivity index (χ1n) is 4.89. The van der Waals surface area contributed by atoms with E-state index in [1.807, 2.05) is 6.08 Å². The Labute approximate surface area is 101 Å². The summed E-state index contributed by atoms with van der Waals surface area (Å²) in [6, 6.07) is 0. The zero-order valence-electron chi connectivity index (χ0n) is 9.51. The molecule has 0 radical (unpaired) electrons. The van der Waals surface area contributed by atoms with Crippen LogP contribution in [0.3, 0.4) is 0 Å². The van der Waals surface area contributed by atoms with Crippen molar-refractivity contribution in [2.75, 3.05) is 13.7 Å². The summed E-state index contributed by atoms with van der Waals surface area (Å²) in [5, 5.41) is 8.70. The van der Waals surface area contributed by atoms with Crippen molar-refractivity contribution in [3.8, 4) is 0 Å². The molecular weight excluding hydrogens is 291 g/mol. The number of ether oxygens (including phenoxy) is 1. The molecule has 0 aliphatic rings. The first-order chi connectivity index (χ1) is 6.44. The standard InChI is InChI=1S/C11H21IO2/c1-9(7-8-13)5-6-10(12)11(2,3)14-4/h7,10,13H,5-6,8H2,1-4H3/b9-7+. The van der Waals surface area contributed by atoms with Crippen LogP contribution in [0.25, 0.3) is 0 Å². The third-order valence-corrected chi connectivity index (χ3v) is 4.64. The van der Waals surface area contributed by atoms with Gasteiger partial charge in [0.15, 0.2) is 0 Å². The van der Waals surface area contributed by atoms with Gasteiger partial charge < -0.3 is 9.84 Å². The number of hydrogen-bond acceptors (Lipinski definition) is 2. The predicted molar refractivity (Wildman–Crippen MR) is 69.0 cm³/mol. The molecule has 0 saturated heterocycles.